The molecule has 0 spiro atoms. The van der Waals surface area contributed by atoms with Gasteiger partial charge in [0.25, 0.3) is 0 Å². The average molecular weight is 280 g/mol. The number of esters is 1. The Morgan fingerprint density at radius 3 is 2.55 bits per heavy atom. The van der Waals surface area contributed by atoms with Crippen LogP contribution in [0, 0.1) is 5.92 Å². The fourth-order valence-corrected chi connectivity index (χ4v) is 2.17. The van der Waals surface area contributed by atoms with Gasteiger partial charge >= 0.3 is 5.97 Å². The average Bonchev–Trinajstić information content (AvgIpc) is 2.40. The van der Waals surface area contributed by atoms with E-state index in [9.17, 15) is 4.79 Å². The number of allylic oxidation sites excluding steroid dienone is 3. The van der Waals surface area contributed by atoms with Gasteiger partial charge in [0.2, 0.25) is 0 Å². The predicted molar refractivity (Wildman–Crippen MR) is 86.7 cm³/mol. The number of ether oxygens (including phenoxy) is 1. The lowest BCUT2D eigenvalue weighted by atomic mass is 9.86. The van der Waals surface area contributed by atoms with E-state index >= 15 is 0 Å². The Morgan fingerprint density at radius 1 is 1.40 bits per heavy atom. The first-order valence-corrected chi connectivity index (χ1v) is 7.97. The Labute approximate surface area is 125 Å². The third-order valence-electron chi connectivity index (χ3n) is 3.62. The zero-order valence-electron chi connectivity index (χ0n) is 13.8. The standard InChI is InChI=1S/C10H16.C8H16O2/c1-8(2)10-6-4-9(3)5-7-10;1-3-5-6-7-8(9)10-4-2/h4,10H,1,5-7H2,2-3H3;3-7H2,1-2H3. The van der Waals surface area contributed by atoms with Crippen LogP contribution >= 0.6 is 0 Å². The number of unbranched alkanes of at least 4 members (excludes halogenated alkanes) is 2. The second kappa shape index (κ2) is 11.7. The third-order valence-corrected chi connectivity index (χ3v) is 3.62. The van der Waals surface area contributed by atoms with Gasteiger partial charge in [-0.1, -0.05) is 43.6 Å². The molecule has 1 unspecified atom stereocenters. The molecule has 1 atom stereocenters. The summed E-state index contributed by atoms with van der Waals surface area (Å²) in [6.07, 6.45) is 9.99. The minimum Gasteiger partial charge on any atom is -0.466 e. The molecule has 0 aromatic heterocycles. The molecule has 0 aromatic carbocycles. The Bertz CT molecular complexity index is 315. The molecule has 0 fully saturated rings. The highest BCUT2D eigenvalue weighted by molar-refractivity contribution is 5.69. The van der Waals surface area contributed by atoms with Gasteiger partial charge in [-0.2, -0.15) is 0 Å². The van der Waals surface area contributed by atoms with E-state index in [0.717, 1.165) is 25.2 Å². The van der Waals surface area contributed by atoms with Crippen molar-refractivity contribution in [3.05, 3.63) is 23.8 Å². The molecule has 0 radical (unpaired) electrons. The summed E-state index contributed by atoms with van der Waals surface area (Å²) in [6.45, 7) is 12.8. The highest BCUT2D eigenvalue weighted by Gasteiger charge is 2.11. The molecule has 0 aromatic rings. The van der Waals surface area contributed by atoms with Crippen molar-refractivity contribution in [3.8, 4) is 0 Å². The minimum absolute atomic E-state index is 0.0593. The molecule has 2 nitrogen and oxygen atoms in total. The van der Waals surface area contributed by atoms with E-state index in [2.05, 4.69) is 33.4 Å². The van der Waals surface area contributed by atoms with E-state index < -0.39 is 0 Å². The van der Waals surface area contributed by atoms with Crippen molar-refractivity contribution >= 4 is 5.97 Å². The number of hydrogen-bond donors (Lipinski definition) is 0. The maximum Gasteiger partial charge on any atom is 0.305 e. The molecular weight excluding hydrogens is 248 g/mol. The normalized spacial score (nSPS) is 17.6. The largest absolute Gasteiger partial charge is 0.466 e. The minimum atomic E-state index is -0.0593. The molecule has 0 bridgehead atoms. The van der Waals surface area contributed by atoms with Gasteiger partial charge < -0.3 is 4.74 Å². The zero-order chi connectivity index (χ0) is 15.4. The molecule has 116 valence electrons. The predicted octanol–water partition coefficient (Wildman–Crippen LogP) is 5.44. The van der Waals surface area contributed by atoms with Gasteiger partial charge in [0, 0.05) is 6.42 Å². The second-order valence-corrected chi connectivity index (χ2v) is 5.63. The molecule has 0 saturated heterocycles. The van der Waals surface area contributed by atoms with E-state index in [1.54, 1.807) is 5.57 Å². The molecule has 0 saturated carbocycles. The lowest BCUT2D eigenvalue weighted by Gasteiger charge is -2.19. The van der Waals surface area contributed by atoms with Crippen molar-refractivity contribution in [2.75, 3.05) is 6.61 Å². The maximum atomic E-state index is 10.7. The molecule has 2 heteroatoms. The molecule has 1 rings (SSSR count). The van der Waals surface area contributed by atoms with Crippen molar-refractivity contribution < 1.29 is 9.53 Å². The summed E-state index contributed by atoms with van der Waals surface area (Å²) in [5.41, 5.74) is 2.90. The fraction of sp³-hybridized carbons (Fsp3) is 0.722. The second-order valence-electron chi connectivity index (χ2n) is 5.63. The van der Waals surface area contributed by atoms with Gasteiger partial charge in [-0.15, -0.1) is 0 Å². The Kier molecular flexibility index (Phi) is 11.1. The zero-order valence-corrected chi connectivity index (χ0v) is 13.8. The van der Waals surface area contributed by atoms with Crippen LogP contribution in [0.15, 0.2) is 23.8 Å². The lowest BCUT2D eigenvalue weighted by molar-refractivity contribution is -0.143. The molecule has 0 heterocycles. The van der Waals surface area contributed by atoms with Crippen LogP contribution in [0.1, 0.15) is 72.6 Å². The lowest BCUT2D eigenvalue weighted by Crippen LogP contribution is -2.04. The van der Waals surface area contributed by atoms with Crippen LogP contribution in [0.2, 0.25) is 0 Å². The smallest absolute Gasteiger partial charge is 0.305 e. The number of hydrogen-bond acceptors (Lipinski definition) is 2. The monoisotopic (exact) mass is 280 g/mol. The van der Waals surface area contributed by atoms with Crippen molar-refractivity contribution in [2.24, 2.45) is 5.92 Å². The summed E-state index contributed by atoms with van der Waals surface area (Å²) in [5, 5.41) is 0. The summed E-state index contributed by atoms with van der Waals surface area (Å²) < 4.78 is 4.75. The molecule has 0 aliphatic heterocycles. The van der Waals surface area contributed by atoms with Crippen molar-refractivity contribution in [1.29, 1.82) is 0 Å². The summed E-state index contributed by atoms with van der Waals surface area (Å²) in [6, 6.07) is 0. The Balaban J connectivity index is 0.000000361. The van der Waals surface area contributed by atoms with Crippen LogP contribution in [0.25, 0.3) is 0 Å². The van der Waals surface area contributed by atoms with Gasteiger partial charge in [0.15, 0.2) is 0 Å². The molecule has 20 heavy (non-hydrogen) atoms. The van der Waals surface area contributed by atoms with E-state index in [0.29, 0.717) is 13.0 Å². The summed E-state index contributed by atoms with van der Waals surface area (Å²) >= 11 is 0. The SMILES string of the molecule is C=C(C)C1CC=C(C)CC1.CCCCCC(=O)OCC. The van der Waals surface area contributed by atoms with Crippen LogP contribution in [0.5, 0.6) is 0 Å². The summed E-state index contributed by atoms with van der Waals surface area (Å²) in [7, 11) is 0. The number of rotatable bonds is 6. The maximum absolute atomic E-state index is 10.7. The third kappa shape index (κ3) is 9.82. The first kappa shape index (κ1) is 18.9. The highest BCUT2D eigenvalue weighted by Crippen LogP contribution is 2.27. The van der Waals surface area contributed by atoms with Gasteiger partial charge in [0.1, 0.15) is 0 Å². The Morgan fingerprint density at radius 2 is 2.10 bits per heavy atom. The molecular formula is C18H32O2. The first-order valence-electron chi connectivity index (χ1n) is 7.97. The summed E-state index contributed by atoms with van der Waals surface area (Å²) in [4.78, 5) is 10.7. The molecule has 1 aliphatic carbocycles. The van der Waals surface area contributed by atoms with Gasteiger partial charge in [0.05, 0.1) is 6.61 Å². The van der Waals surface area contributed by atoms with E-state index in [-0.39, 0.29) is 5.97 Å². The van der Waals surface area contributed by atoms with E-state index in [1.807, 2.05) is 6.92 Å². The van der Waals surface area contributed by atoms with E-state index in [1.165, 1.54) is 24.8 Å². The van der Waals surface area contributed by atoms with Crippen LogP contribution in [0.4, 0.5) is 0 Å². The van der Waals surface area contributed by atoms with Gasteiger partial charge in [-0.05, 0) is 52.4 Å². The highest BCUT2D eigenvalue weighted by atomic mass is 16.5. The topological polar surface area (TPSA) is 26.3 Å². The molecule has 0 N–H and O–H groups in total. The summed E-state index contributed by atoms with van der Waals surface area (Å²) in [5.74, 6) is 0.708. The molecule has 0 amide bonds. The van der Waals surface area contributed by atoms with Crippen LogP contribution in [-0.4, -0.2) is 12.6 Å². The van der Waals surface area contributed by atoms with Crippen LogP contribution in [-0.2, 0) is 9.53 Å². The van der Waals surface area contributed by atoms with Gasteiger partial charge in [-0.25, -0.2) is 0 Å². The molecule has 1 aliphatic rings. The van der Waals surface area contributed by atoms with E-state index in [4.69, 9.17) is 4.74 Å². The fourth-order valence-electron chi connectivity index (χ4n) is 2.17. The first-order chi connectivity index (χ1) is 9.51. The van der Waals surface area contributed by atoms with Gasteiger partial charge in [-0.3, -0.25) is 4.79 Å². The van der Waals surface area contributed by atoms with Crippen molar-refractivity contribution in [2.45, 2.75) is 72.6 Å². The quantitative estimate of drug-likeness (QED) is 0.368. The number of carbonyl (C=O) groups excluding carboxylic acids is 1. The van der Waals surface area contributed by atoms with Crippen LogP contribution < -0.4 is 0 Å². The van der Waals surface area contributed by atoms with Crippen LogP contribution in [0.3, 0.4) is 0 Å². The number of carbonyl (C=O) groups is 1. The Hall–Kier alpha value is -1.05. The van der Waals surface area contributed by atoms with Crippen molar-refractivity contribution in [1.82, 2.24) is 0 Å². The van der Waals surface area contributed by atoms with Crippen molar-refractivity contribution in [3.63, 3.8) is 0 Å².